The van der Waals surface area contributed by atoms with E-state index in [4.69, 9.17) is 17.3 Å². The molecule has 0 saturated heterocycles. The lowest BCUT2D eigenvalue weighted by molar-refractivity contribution is 0.0967. The smallest absolute Gasteiger partial charge is 0.180 e. The summed E-state index contributed by atoms with van der Waals surface area (Å²) >= 11 is 5.54. The Morgan fingerprint density at radius 2 is 2.33 bits per heavy atom. The zero-order valence-corrected chi connectivity index (χ0v) is 7.38. The van der Waals surface area contributed by atoms with Gasteiger partial charge in [-0.3, -0.25) is 4.79 Å². The van der Waals surface area contributed by atoms with Crippen molar-refractivity contribution in [3.05, 3.63) is 29.0 Å². The van der Waals surface area contributed by atoms with E-state index in [1.165, 1.54) is 6.20 Å². The highest BCUT2D eigenvalue weighted by atomic mass is 35.5. The van der Waals surface area contributed by atoms with Gasteiger partial charge in [-0.2, -0.15) is 0 Å². The minimum absolute atomic E-state index is 0.126. The highest BCUT2D eigenvalue weighted by Gasteiger charge is 2.10. The average Bonchev–Trinajstić information content (AvgIpc) is 2.04. The fourth-order valence-corrected chi connectivity index (χ4v) is 0.896. The van der Waals surface area contributed by atoms with Crippen LogP contribution in [0.3, 0.4) is 0 Å². The van der Waals surface area contributed by atoms with Gasteiger partial charge in [0, 0.05) is 11.8 Å². The van der Waals surface area contributed by atoms with Crippen molar-refractivity contribution in [3.8, 4) is 0 Å². The summed E-state index contributed by atoms with van der Waals surface area (Å²) in [6.45, 7) is 1.64. The minimum Gasteiger partial charge on any atom is -0.321 e. The second-order valence-electron chi connectivity index (χ2n) is 2.52. The summed E-state index contributed by atoms with van der Waals surface area (Å²) in [5, 5.41) is 0.372. The van der Waals surface area contributed by atoms with Crippen molar-refractivity contribution in [2.24, 2.45) is 5.73 Å². The Bertz CT molecular complexity index is 282. The standard InChI is InChI=1S/C8H9ClN2O/c1-5(10)8(12)6-2-3-7(9)11-4-6/h2-5H,10H2,1H3. The van der Waals surface area contributed by atoms with Crippen LogP contribution in [0.25, 0.3) is 0 Å². The number of carbonyl (C=O) groups is 1. The fourth-order valence-electron chi connectivity index (χ4n) is 0.784. The molecule has 12 heavy (non-hydrogen) atoms. The molecule has 0 amide bonds. The third-order valence-corrected chi connectivity index (χ3v) is 1.65. The third kappa shape index (κ3) is 2.03. The molecular weight excluding hydrogens is 176 g/mol. The van der Waals surface area contributed by atoms with Gasteiger partial charge in [-0.25, -0.2) is 4.98 Å². The summed E-state index contributed by atoms with van der Waals surface area (Å²) in [4.78, 5) is 15.0. The SMILES string of the molecule is CC(N)C(=O)c1ccc(Cl)nc1. The maximum Gasteiger partial charge on any atom is 0.180 e. The fraction of sp³-hybridized carbons (Fsp3) is 0.250. The predicted molar refractivity (Wildman–Crippen MR) is 47.2 cm³/mol. The van der Waals surface area contributed by atoms with E-state index in [-0.39, 0.29) is 5.78 Å². The van der Waals surface area contributed by atoms with Gasteiger partial charge in [0.05, 0.1) is 6.04 Å². The summed E-state index contributed by atoms with van der Waals surface area (Å²) in [7, 11) is 0. The van der Waals surface area contributed by atoms with Gasteiger partial charge in [0.25, 0.3) is 0 Å². The van der Waals surface area contributed by atoms with Crippen LogP contribution in [0.2, 0.25) is 5.15 Å². The Morgan fingerprint density at radius 1 is 1.67 bits per heavy atom. The van der Waals surface area contributed by atoms with Crippen molar-refractivity contribution in [1.29, 1.82) is 0 Å². The molecule has 1 aromatic heterocycles. The topological polar surface area (TPSA) is 56.0 Å². The van der Waals surface area contributed by atoms with Crippen LogP contribution in [-0.4, -0.2) is 16.8 Å². The number of carbonyl (C=O) groups excluding carboxylic acids is 1. The zero-order valence-electron chi connectivity index (χ0n) is 6.62. The number of hydrogen-bond donors (Lipinski definition) is 1. The Hall–Kier alpha value is -0.930. The quantitative estimate of drug-likeness (QED) is 0.556. The van der Waals surface area contributed by atoms with Crippen LogP contribution >= 0.6 is 11.6 Å². The van der Waals surface area contributed by atoms with Crippen molar-refractivity contribution in [1.82, 2.24) is 4.98 Å². The normalized spacial score (nSPS) is 12.6. The van der Waals surface area contributed by atoms with Crippen molar-refractivity contribution >= 4 is 17.4 Å². The molecule has 0 aliphatic carbocycles. The first-order valence-corrected chi connectivity index (χ1v) is 3.90. The molecule has 1 rings (SSSR count). The largest absolute Gasteiger partial charge is 0.321 e. The molecule has 1 atom stereocenters. The number of nitrogens with zero attached hydrogens (tertiary/aromatic N) is 1. The highest BCUT2D eigenvalue weighted by molar-refractivity contribution is 6.29. The first-order valence-electron chi connectivity index (χ1n) is 3.52. The average molecular weight is 185 g/mol. The van der Waals surface area contributed by atoms with E-state index in [9.17, 15) is 4.79 Å². The summed E-state index contributed by atoms with van der Waals surface area (Å²) in [6.07, 6.45) is 1.42. The van der Waals surface area contributed by atoms with E-state index in [2.05, 4.69) is 4.98 Å². The molecule has 0 spiro atoms. The molecule has 4 heteroatoms. The maximum absolute atomic E-state index is 11.2. The van der Waals surface area contributed by atoms with Gasteiger partial charge in [0.15, 0.2) is 5.78 Å². The van der Waals surface area contributed by atoms with Gasteiger partial charge in [-0.05, 0) is 19.1 Å². The van der Waals surface area contributed by atoms with Crippen LogP contribution < -0.4 is 5.73 Å². The van der Waals surface area contributed by atoms with Crippen LogP contribution in [0, 0.1) is 0 Å². The summed E-state index contributed by atoms with van der Waals surface area (Å²) in [5.74, 6) is -0.126. The lowest BCUT2D eigenvalue weighted by atomic mass is 10.1. The van der Waals surface area contributed by atoms with Gasteiger partial charge in [0.1, 0.15) is 5.15 Å². The Morgan fingerprint density at radius 3 is 2.75 bits per heavy atom. The van der Waals surface area contributed by atoms with E-state index in [1.54, 1.807) is 19.1 Å². The lowest BCUT2D eigenvalue weighted by Crippen LogP contribution is -2.26. The molecule has 64 valence electrons. The van der Waals surface area contributed by atoms with Gasteiger partial charge in [-0.15, -0.1) is 0 Å². The summed E-state index contributed by atoms with van der Waals surface area (Å²) in [5.41, 5.74) is 5.89. The molecule has 0 aliphatic rings. The van der Waals surface area contributed by atoms with E-state index in [0.717, 1.165) is 0 Å². The van der Waals surface area contributed by atoms with Crippen molar-refractivity contribution < 1.29 is 4.79 Å². The highest BCUT2D eigenvalue weighted by Crippen LogP contribution is 2.06. The number of aromatic nitrogens is 1. The van der Waals surface area contributed by atoms with Gasteiger partial charge in [0.2, 0.25) is 0 Å². The van der Waals surface area contributed by atoms with E-state index < -0.39 is 6.04 Å². The van der Waals surface area contributed by atoms with E-state index >= 15 is 0 Å². The number of rotatable bonds is 2. The van der Waals surface area contributed by atoms with Crippen molar-refractivity contribution in [3.63, 3.8) is 0 Å². The van der Waals surface area contributed by atoms with Crippen LogP contribution in [0.4, 0.5) is 0 Å². The first-order chi connectivity index (χ1) is 5.61. The number of nitrogens with two attached hydrogens (primary N) is 1. The monoisotopic (exact) mass is 184 g/mol. The minimum atomic E-state index is -0.493. The lowest BCUT2D eigenvalue weighted by Gasteiger charge is -2.02. The number of pyridine rings is 1. The molecule has 2 N–H and O–H groups in total. The Balaban J connectivity index is 2.90. The van der Waals surface area contributed by atoms with Crippen LogP contribution in [0.5, 0.6) is 0 Å². The van der Waals surface area contributed by atoms with Crippen molar-refractivity contribution in [2.75, 3.05) is 0 Å². The number of ketones is 1. The predicted octanol–water partition coefficient (Wildman–Crippen LogP) is 1.26. The maximum atomic E-state index is 11.2. The van der Waals surface area contributed by atoms with Crippen LogP contribution in [0.1, 0.15) is 17.3 Å². The van der Waals surface area contributed by atoms with Crippen LogP contribution in [-0.2, 0) is 0 Å². The molecule has 0 aliphatic heterocycles. The molecule has 0 radical (unpaired) electrons. The summed E-state index contributed by atoms with van der Waals surface area (Å²) in [6, 6.07) is 2.69. The first kappa shape index (κ1) is 9.16. The molecule has 1 aromatic rings. The van der Waals surface area contributed by atoms with Crippen LogP contribution in [0.15, 0.2) is 18.3 Å². The Labute approximate surface area is 75.6 Å². The second kappa shape index (κ2) is 3.65. The number of Topliss-reactive ketones (excluding diaryl/α,β-unsaturated/α-hetero) is 1. The van der Waals surface area contributed by atoms with Crippen molar-refractivity contribution in [2.45, 2.75) is 13.0 Å². The number of hydrogen-bond acceptors (Lipinski definition) is 3. The summed E-state index contributed by atoms with van der Waals surface area (Å²) < 4.78 is 0. The molecule has 0 bridgehead atoms. The van der Waals surface area contributed by atoms with E-state index in [0.29, 0.717) is 10.7 Å². The molecule has 0 saturated carbocycles. The van der Waals surface area contributed by atoms with E-state index in [1.807, 2.05) is 0 Å². The van der Waals surface area contributed by atoms with Gasteiger partial charge >= 0.3 is 0 Å². The molecule has 1 unspecified atom stereocenters. The molecule has 1 heterocycles. The molecule has 0 aromatic carbocycles. The second-order valence-corrected chi connectivity index (χ2v) is 2.91. The zero-order chi connectivity index (χ0) is 9.14. The number of halogens is 1. The molecule has 0 fully saturated rings. The third-order valence-electron chi connectivity index (χ3n) is 1.43. The van der Waals surface area contributed by atoms with Gasteiger partial charge in [-0.1, -0.05) is 11.6 Å². The molecular formula is C8H9ClN2O. The van der Waals surface area contributed by atoms with Gasteiger partial charge < -0.3 is 5.73 Å². The Kier molecular flexibility index (Phi) is 2.78. The molecule has 3 nitrogen and oxygen atoms in total.